The molecular formula is C18H18N2O4S. The lowest BCUT2D eigenvalue weighted by atomic mass is 10.1. The summed E-state index contributed by atoms with van der Waals surface area (Å²) in [7, 11) is 0. The second kappa shape index (κ2) is 8.43. The van der Waals surface area contributed by atoms with Crippen LogP contribution in [0, 0.1) is 10.1 Å². The highest BCUT2D eigenvalue weighted by atomic mass is 32.2. The van der Waals surface area contributed by atoms with E-state index < -0.39 is 4.92 Å². The van der Waals surface area contributed by atoms with Crippen LogP contribution in [0.2, 0.25) is 0 Å². The van der Waals surface area contributed by atoms with E-state index in [4.69, 9.17) is 0 Å². The summed E-state index contributed by atoms with van der Waals surface area (Å²) in [6.45, 7) is 3.37. The summed E-state index contributed by atoms with van der Waals surface area (Å²) in [5, 5.41) is 13.5. The third-order valence-electron chi connectivity index (χ3n) is 3.57. The van der Waals surface area contributed by atoms with Crippen LogP contribution in [0.25, 0.3) is 0 Å². The van der Waals surface area contributed by atoms with Gasteiger partial charge in [0.15, 0.2) is 5.78 Å². The van der Waals surface area contributed by atoms with Crippen molar-refractivity contribution in [2.45, 2.75) is 19.1 Å². The van der Waals surface area contributed by atoms with Gasteiger partial charge in [-0.25, -0.2) is 0 Å². The highest BCUT2D eigenvalue weighted by Gasteiger charge is 2.13. The molecule has 0 fully saturated rings. The van der Waals surface area contributed by atoms with E-state index in [2.05, 4.69) is 5.32 Å². The number of anilines is 1. The van der Waals surface area contributed by atoms with Crippen molar-refractivity contribution in [1.82, 2.24) is 0 Å². The summed E-state index contributed by atoms with van der Waals surface area (Å²) >= 11 is 1.39. The van der Waals surface area contributed by atoms with Crippen LogP contribution in [-0.2, 0) is 4.79 Å². The molecule has 2 rings (SSSR count). The van der Waals surface area contributed by atoms with Crippen LogP contribution >= 0.6 is 11.8 Å². The van der Waals surface area contributed by atoms with Crippen LogP contribution in [0.3, 0.4) is 0 Å². The number of amides is 1. The number of hydrogen-bond donors (Lipinski definition) is 1. The van der Waals surface area contributed by atoms with Crippen molar-refractivity contribution in [3.63, 3.8) is 0 Å². The maximum absolute atomic E-state index is 12.1. The molecule has 0 unspecified atom stereocenters. The molecule has 0 radical (unpaired) electrons. The number of Topliss-reactive ketones (excluding diaryl/α,β-unsaturated/α-hetero) is 1. The molecule has 1 N–H and O–H groups in total. The zero-order valence-electron chi connectivity index (χ0n) is 13.9. The number of carbonyl (C=O) groups is 2. The highest BCUT2D eigenvalue weighted by Crippen LogP contribution is 2.30. The molecule has 1 amide bonds. The van der Waals surface area contributed by atoms with Crippen LogP contribution in [0.15, 0.2) is 48.5 Å². The van der Waals surface area contributed by atoms with Gasteiger partial charge in [0.05, 0.1) is 10.7 Å². The quantitative estimate of drug-likeness (QED) is 0.454. The Morgan fingerprint density at radius 3 is 2.60 bits per heavy atom. The summed E-state index contributed by atoms with van der Waals surface area (Å²) in [5.74, 6) is -0.0542. The van der Waals surface area contributed by atoms with E-state index in [-0.39, 0.29) is 28.4 Å². The Morgan fingerprint density at radius 1 is 1.20 bits per heavy atom. The number of carbonyl (C=O) groups excluding carboxylic acids is 2. The van der Waals surface area contributed by atoms with Crippen molar-refractivity contribution in [3.8, 4) is 0 Å². The number of nitro groups is 1. The number of non-ortho nitro benzene ring substituents is 1. The molecule has 6 nitrogen and oxygen atoms in total. The molecule has 25 heavy (non-hydrogen) atoms. The molecule has 0 bridgehead atoms. The van der Waals surface area contributed by atoms with Crippen molar-refractivity contribution in [2.75, 3.05) is 11.1 Å². The Morgan fingerprint density at radius 2 is 1.92 bits per heavy atom. The largest absolute Gasteiger partial charge is 0.325 e. The fourth-order valence-corrected chi connectivity index (χ4v) is 3.01. The Kier molecular flexibility index (Phi) is 6.30. The van der Waals surface area contributed by atoms with E-state index in [9.17, 15) is 19.7 Å². The molecule has 0 aromatic heterocycles. The van der Waals surface area contributed by atoms with Crippen molar-refractivity contribution < 1.29 is 14.5 Å². The van der Waals surface area contributed by atoms with E-state index in [0.717, 1.165) is 5.56 Å². The van der Waals surface area contributed by atoms with Crippen LogP contribution in [0.4, 0.5) is 11.4 Å². The molecule has 0 saturated heterocycles. The SMILES string of the molecule is CC(=O)c1cccc(NC(=O)CS[C@@H](C)c2cccc([N+](=O)[O-])c2)c1. The molecule has 0 aliphatic carbocycles. The van der Waals surface area contributed by atoms with Gasteiger partial charge in [-0.15, -0.1) is 11.8 Å². The standard InChI is InChI=1S/C18H18N2O4S/c1-12(21)14-5-3-7-16(9-14)19-18(22)11-25-13(2)15-6-4-8-17(10-15)20(23)24/h3-10,13H,11H2,1-2H3,(H,19,22)/t13-/m0/s1. The normalized spacial score (nSPS) is 11.6. The topological polar surface area (TPSA) is 89.3 Å². The predicted molar refractivity (Wildman–Crippen MR) is 99.0 cm³/mol. The number of hydrogen-bond acceptors (Lipinski definition) is 5. The lowest BCUT2D eigenvalue weighted by Crippen LogP contribution is -2.15. The molecule has 1 atom stereocenters. The third-order valence-corrected chi connectivity index (χ3v) is 4.77. The number of thioether (sulfide) groups is 1. The summed E-state index contributed by atoms with van der Waals surface area (Å²) in [6, 6.07) is 13.2. The van der Waals surface area contributed by atoms with Gasteiger partial charge in [-0.3, -0.25) is 19.7 Å². The summed E-state index contributed by atoms with van der Waals surface area (Å²) < 4.78 is 0. The smallest absolute Gasteiger partial charge is 0.269 e. The second-order valence-corrected chi connectivity index (χ2v) is 6.82. The van der Waals surface area contributed by atoms with Gasteiger partial charge in [0.25, 0.3) is 5.69 Å². The van der Waals surface area contributed by atoms with Gasteiger partial charge in [-0.2, -0.15) is 0 Å². The zero-order chi connectivity index (χ0) is 18.4. The van der Waals surface area contributed by atoms with Gasteiger partial charge in [-0.05, 0) is 31.5 Å². The first kappa shape index (κ1) is 18.7. The minimum atomic E-state index is -0.435. The number of ketones is 1. The number of nitrogens with zero attached hydrogens (tertiary/aromatic N) is 1. The van der Waals surface area contributed by atoms with E-state index in [1.54, 1.807) is 36.4 Å². The number of rotatable bonds is 7. The summed E-state index contributed by atoms with van der Waals surface area (Å²) in [5.41, 5.74) is 1.94. The minimum Gasteiger partial charge on any atom is -0.325 e. The number of benzene rings is 2. The number of nitro benzene ring substituents is 1. The molecular weight excluding hydrogens is 340 g/mol. The van der Waals surface area contributed by atoms with Gasteiger partial charge < -0.3 is 5.32 Å². The molecule has 0 aliphatic heterocycles. The van der Waals surface area contributed by atoms with Gasteiger partial charge in [0.1, 0.15) is 0 Å². The van der Waals surface area contributed by atoms with E-state index >= 15 is 0 Å². The second-order valence-electron chi connectivity index (χ2n) is 5.49. The van der Waals surface area contributed by atoms with Crippen LogP contribution in [-0.4, -0.2) is 22.4 Å². The maximum Gasteiger partial charge on any atom is 0.269 e. The van der Waals surface area contributed by atoms with Gasteiger partial charge in [0.2, 0.25) is 5.91 Å². The fourth-order valence-electron chi connectivity index (χ4n) is 2.20. The molecule has 2 aromatic carbocycles. The zero-order valence-corrected chi connectivity index (χ0v) is 14.7. The highest BCUT2D eigenvalue weighted by molar-refractivity contribution is 8.00. The first-order chi connectivity index (χ1) is 11.9. The molecule has 7 heteroatoms. The molecule has 0 aliphatic rings. The maximum atomic E-state index is 12.1. The summed E-state index contributed by atoms with van der Waals surface area (Å²) in [6.07, 6.45) is 0. The monoisotopic (exact) mass is 358 g/mol. The Labute approximate surface area is 149 Å². The van der Waals surface area contributed by atoms with Gasteiger partial charge >= 0.3 is 0 Å². The molecule has 0 saturated carbocycles. The van der Waals surface area contributed by atoms with Crippen molar-refractivity contribution >= 4 is 34.8 Å². The van der Waals surface area contributed by atoms with E-state index in [1.807, 2.05) is 6.92 Å². The first-order valence-corrected chi connectivity index (χ1v) is 8.68. The average Bonchev–Trinajstić information content (AvgIpc) is 2.60. The molecule has 0 heterocycles. The van der Waals surface area contributed by atoms with Crippen molar-refractivity contribution in [1.29, 1.82) is 0 Å². The van der Waals surface area contributed by atoms with Crippen molar-refractivity contribution in [3.05, 3.63) is 69.8 Å². The van der Waals surface area contributed by atoms with Gasteiger partial charge in [-0.1, -0.05) is 24.3 Å². The average molecular weight is 358 g/mol. The van der Waals surface area contributed by atoms with Crippen LogP contribution in [0.1, 0.15) is 35.0 Å². The molecule has 2 aromatic rings. The Bertz CT molecular complexity index is 807. The van der Waals surface area contributed by atoms with Crippen molar-refractivity contribution in [2.24, 2.45) is 0 Å². The lowest BCUT2D eigenvalue weighted by Gasteiger charge is -2.12. The first-order valence-electron chi connectivity index (χ1n) is 7.63. The van der Waals surface area contributed by atoms with E-state index in [1.165, 1.54) is 30.8 Å². The Hall–Kier alpha value is -2.67. The number of nitrogens with one attached hydrogen (secondary N) is 1. The molecule has 0 spiro atoms. The van der Waals surface area contributed by atoms with E-state index in [0.29, 0.717) is 11.3 Å². The minimum absolute atomic E-state index is 0.0375. The lowest BCUT2D eigenvalue weighted by molar-refractivity contribution is -0.384. The Balaban J connectivity index is 1.93. The fraction of sp³-hybridized carbons (Fsp3) is 0.222. The predicted octanol–water partition coefficient (Wildman–Crippen LogP) is 4.23. The van der Waals surface area contributed by atoms with Crippen LogP contribution < -0.4 is 5.32 Å². The van der Waals surface area contributed by atoms with Crippen LogP contribution in [0.5, 0.6) is 0 Å². The van der Waals surface area contributed by atoms with Gasteiger partial charge in [0, 0.05) is 28.6 Å². The third kappa shape index (κ3) is 5.42. The molecule has 130 valence electrons. The summed E-state index contributed by atoms with van der Waals surface area (Å²) in [4.78, 5) is 33.8.